The number of nitrogens with zero attached hydrogens (tertiary/aromatic N) is 2. The van der Waals surface area contributed by atoms with E-state index in [9.17, 15) is 18.0 Å². The Balaban J connectivity index is 3.01. The predicted octanol–water partition coefficient (Wildman–Crippen LogP) is 3.46. The number of carbonyl (C=O) groups excluding carboxylic acids is 1. The first kappa shape index (κ1) is 22.2. The highest BCUT2D eigenvalue weighted by Crippen LogP contribution is 2.35. The van der Waals surface area contributed by atoms with Gasteiger partial charge in [-0.15, -0.1) is 11.8 Å². The van der Waals surface area contributed by atoms with Gasteiger partial charge in [0.25, 0.3) is 5.91 Å². The Labute approximate surface area is 158 Å². The Morgan fingerprint density at radius 3 is 2.56 bits per heavy atom. The topological polar surface area (TPSA) is 104 Å². The average molecular weight is 397 g/mol. The van der Waals surface area contributed by atoms with Crippen molar-refractivity contribution in [2.24, 2.45) is 15.7 Å². The number of nitrogens with one attached hydrogen (secondary N) is 2. The van der Waals surface area contributed by atoms with Crippen LogP contribution < -0.4 is 11.1 Å². The van der Waals surface area contributed by atoms with Gasteiger partial charge in [0.1, 0.15) is 11.5 Å². The first-order valence-electron chi connectivity index (χ1n) is 7.38. The number of allylic oxidation sites excluding steroid dienone is 1. The number of amides is 1. The number of hydrogen-bond acceptors (Lipinski definition) is 5. The summed E-state index contributed by atoms with van der Waals surface area (Å²) in [6.07, 6.45) is -0.339. The van der Waals surface area contributed by atoms with Crippen LogP contribution in [0.15, 0.2) is 51.4 Å². The van der Waals surface area contributed by atoms with Crippen LogP contribution >= 0.6 is 11.8 Å². The molecule has 0 aliphatic rings. The lowest BCUT2D eigenvalue weighted by Gasteiger charge is -2.13. The molecule has 144 valence electrons. The molecule has 0 atom stereocenters. The van der Waals surface area contributed by atoms with Crippen molar-refractivity contribution in [2.75, 3.05) is 18.6 Å². The molecule has 0 fully saturated rings. The maximum atomic E-state index is 12.9. The highest BCUT2D eigenvalue weighted by atomic mass is 32.2. The SMILES string of the molecule is C=N/C(=C\SC)C(=O)N=C(N)/C=C\C(=N)c1ccc(C(F)(F)F)c(NC)c1. The van der Waals surface area contributed by atoms with Gasteiger partial charge in [0.05, 0.1) is 11.3 Å². The largest absolute Gasteiger partial charge is 0.418 e. The summed E-state index contributed by atoms with van der Waals surface area (Å²) in [5.74, 6) is -0.874. The second-order valence-corrected chi connectivity index (χ2v) is 5.70. The van der Waals surface area contributed by atoms with Crippen LogP contribution in [0.4, 0.5) is 18.9 Å². The summed E-state index contributed by atoms with van der Waals surface area (Å²) < 4.78 is 38.7. The lowest BCUT2D eigenvalue weighted by Crippen LogP contribution is -2.13. The van der Waals surface area contributed by atoms with E-state index < -0.39 is 17.6 Å². The summed E-state index contributed by atoms with van der Waals surface area (Å²) in [4.78, 5) is 19.0. The normalized spacial score (nSPS) is 12.9. The molecule has 6 nitrogen and oxygen atoms in total. The van der Waals surface area contributed by atoms with Gasteiger partial charge in [-0.05, 0) is 37.3 Å². The summed E-state index contributed by atoms with van der Waals surface area (Å²) >= 11 is 1.25. The third-order valence-electron chi connectivity index (χ3n) is 3.18. The number of rotatable bonds is 7. The lowest BCUT2D eigenvalue weighted by atomic mass is 10.0. The minimum absolute atomic E-state index is 0.0235. The van der Waals surface area contributed by atoms with Crippen LogP contribution in [0.5, 0.6) is 0 Å². The monoisotopic (exact) mass is 397 g/mol. The number of nitrogens with two attached hydrogens (primary N) is 1. The number of hydrogen-bond donors (Lipinski definition) is 3. The molecule has 4 N–H and O–H groups in total. The number of aliphatic imine (C=N–C) groups is 2. The average Bonchev–Trinajstić information content (AvgIpc) is 2.62. The Hall–Kier alpha value is -2.88. The van der Waals surface area contributed by atoms with Crippen molar-refractivity contribution >= 4 is 41.6 Å². The van der Waals surface area contributed by atoms with Crippen molar-refractivity contribution in [3.8, 4) is 0 Å². The molecule has 0 aliphatic heterocycles. The van der Waals surface area contributed by atoms with E-state index in [2.05, 4.69) is 22.0 Å². The smallest absolute Gasteiger partial charge is 0.388 e. The van der Waals surface area contributed by atoms with E-state index in [0.29, 0.717) is 0 Å². The minimum Gasteiger partial charge on any atom is -0.388 e. The van der Waals surface area contributed by atoms with Crippen LogP contribution in [-0.4, -0.2) is 37.5 Å². The number of benzene rings is 1. The Morgan fingerprint density at radius 1 is 1.37 bits per heavy atom. The van der Waals surface area contributed by atoms with Crippen LogP contribution in [0.25, 0.3) is 0 Å². The van der Waals surface area contributed by atoms with Crippen molar-refractivity contribution in [1.29, 1.82) is 5.41 Å². The lowest BCUT2D eigenvalue weighted by molar-refractivity contribution is -0.137. The van der Waals surface area contributed by atoms with Gasteiger partial charge in [-0.2, -0.15) is 18.2 Å². The molecule has 0 radical (unpaired) electrons. The zero-order chi connectivity index (χ0) is 20.6. The molecule has 0 unspecified atom stereocenters. The van der Waals surface area contributed by atoms with Crippen molar-refractivity contribution in [3.05, 3.63) is 52.6 Å². The molecule has 1 amide bonds. The van der Waals surface area contributed by atoms with Gasteiger partial charge < -0.3 is 16.5 Å². The molecule has 0 spiro atoms. The van der Waals surface area contributed by atoms with Gasteiger partial charge in [-0.25, -0.2) is 0 Å². The van der Waals surface area contributed by atoms with E-state index in [0.717, 1.165) is 6.07 Å². The van der Waals surface area contributed by atoms with Crippen molar-refractivity contribution in [3.63, 3.8) is 0 Å². The molecule has 0 heterocycles. The van der Waals surface area contributed by atoms with Crippen LogP contribution in [0.3, 0.4) is 0 Å². The molecular formula is C17H18F3N5OS. The van der Waals surface area contributed by atoms with Crippen molar-refractivity contribution < 1.29 is 18.0 Å². The molecule has 0 aliphatic carbocycles. The molecule has 27 heavy (non-hydrogen) atoms. The van der Waals surface area contributed by atoms with E-state index in [4.69, 9.17) is 11.1 Å². The first-order valence-corrected chi connectivity index (χ1v) is 8.67. The first-order chi connectivity index (χ1) is 12.6. The predicted molar refractivity (Wildman–Crippen MR) is 105 cm³/mol. The summed E-state index contributed by atoms with van der Waals surface area (Å²) in [6, 6.07) is 3.27. The van der Waals surface area contributed by atoms with E-state index in [1.54, 1.807) is 6.26 Å². The number of carbonyl (C=O) groups is 1. The number of thioether (sulfide) groups is 1. The van der Waals surface area contributed by atoms with Gasteiger partial charge in [-0.3, -0.25) is 9.79 Å². The van der Waals surface area contributed by atoms with Gasteiger partial charge in [0.2, 0.25) is 0 Å². The summed E-state index contributed by atoms with van der Waals surface area (Å²) in [6.45, 7) is 3.26. The molecule has 0 saturated carbocycles. The molecule has 1 rings (SSSR count). The standard InChI is InChI=1S/C17H18F3N5OS/c1-23-13-8-10(4-5-11(13)17(18,19)20)12(21)6-7-15(22)25-16(26)14(24-2)9-27-3/h4-9,21,23H,2H2,1,3H3,(H2,22,25,26)/b7-6-,14-9-,21-12?. The van der Waals surface area contributed by atoms with E-state index in [1.807, 2.05) is 0 Å². The summed E-state index contributed by atoms with van der Waals surface area (Å²) in [5.41, 5.74) is 4.78. The van der Waals surface area contributed by atoms with Gasteiger partial charge in [0, 0.05) is 23.7 Å². The van der Waals surface area contributed by atoms with E-state index in [-0.39, 0.29) is 28.5 Å². The maximum absolute atomic E-state index is 12.9. The molecule has 0 saturated heterocycles. The highest BCUT2D eigenvalue weighted by Gasteiger charge is 2.33. The fourth-order valence-electron chi connectivity index (χ4n) is 1.91. The second-order valence-electron chi connectivity index (χ2n) is 4.99. The Morgan fingerprint density at radius 2 is 2.04 bits per heavy atom. The fourth-order valence-corrected chi connectivity index (χ4v) is 2.31. The molecular weight excluding hydrogens is 379 g/mol. The third kappa shape index (κ3) is 6.41. The number of amidine groups is 1. The van der Waals surface area contributed by atoms with Gasteiger partial charge >= 0.3 is 6.18 Å². The minimum atomic E-state index is -4.51. The highest BCUT2D eigenvalue weighted by molar-refractivity contribution is 8.01. The molecule has 0 bridgehead atoms. The summed E-state index contributed by atoms with van der Waals surface area (Å²) in [7, 11) is 1.36. The van der Waals surface area contributed by atoms with Gasteiger partial charge in [0.15, 0.2) is 0 Å². The zero-order valence-electron chi connectivity index (χ0n) is 14.6. The molecule has 1 aromatic rings. The Bertz CT molecular complexity index is 828. The fraction of sp³-hybridized carbons (Fsp3) is 0.176. The van der Waals surface area contributed by atoms with Crippen LogP contribution in [-0.2, 0) is 11.0 Å². The zero-order valence-corrected chi connectivity index (χ0v) is 15.4. The Kier molecular flexibility index (Phi) is 7.98. The molecule has 10 heteroatoms. The third-order valence-corrected chi connectivity index (χ3v) is 3.63. The van der Waals surface area contributed by atoms with Crippen LogP contribution in [0.2, 0.25) is 0 Å². The molecule has 1 aromatic carbocycles. The molecule has 0 aromatic heterocycles. The van der Waals surface area contributed by atoms with Gasteiger partial charge in [-0.1, -0.05) is 6.07 Å². The van der Waals surface area contributed by atoms with Crippen molar-refractivity contribution in [2.45, 2.75) is 6.18 Å². The van der Waals surface area contributed by atoms with E-state index in [1.165, 1.54) is 48.5 Å². The maximum Gasteiger partial charge on any atom is 0.418 e. The van der Waals surface area contributed by atoms with E-state index >= 15 is 0 Å². The number of halogens is 3. The van der Waals surface area contributed by atoms with Crippen LogP contribution in [0, 0.1) is 5.41 Å². The quantitative estimate of drug-likeness (QED) is 0.372. The van der Waals surface area contributed by atoms with Crippen molar-refractivity contribution in [1.82, 2.24) is 0 Å². The number of anilines is 1. The summed E-state index contributed by atoms with van der Waals surface area (Å²) in [5, 5.41) is 11.9. The second kappa shape index (κ2) is 9.72. The van der Waals surface area contributed by atoms with Crippen LogP contribution in [0.1, 0.15) is 11.1 Å². The number of alkyl halides is 3.